The summed E-state index contributed by atoms with van der Waals surface area (Å²) in [5.41, 5.74) is 2.43. The molecule has 0 bridgehead atoms. The molecule has 2 aromatic carbocycles. The molecule has 1 unspecified atom stereocenters. The number of ether oxygens (including phenoxy) is 1. The van der Waals surface area contributed by atoms with E-state index < -0.39 is 36.1 Å². The lowest BCUT2D eigenvalue weighted by molar-refractivity contribution is -0.133. The summed E-state index contributed by atoms with van der Waals surface area (Å²) >= 11 is 6.61. The highest BCUT2D eigenvalue weighted by atomic mass is 35.5. The second-order valence-corrected chi connectivity index (χ2v) is 16.0. The highest BCUT2D eigenvalue weighted by molar-refractivity contribution is 6.62. The molecule has 0 aliphatic carbocycles. The number of fused-ring (bicyclic) bond motifs is 1. The van der Waals surface area contributed by atoms with Crippen molar-refractivity contribution >= 4 is 53.0 Å². The topological polar surface area (TPSA) is 111 Å². The van der Waals surface area contributed by atoms with Crippen LogP contribution in [0.2, 0.25) is 5.02 Å². The molecular weight excluding hydrogens is 655 g/mol. The lowest BCUT2D eigenvalue weighted by Crippen LogP contribution is -2.46. The summed E-state index contributed by atoms with van der Waals surface area (Å²) in [5, 5.41) is 7.51. The summed E-state index contributed by atoms with van der Waals surface area (Å²) in [6.45, 7) is 17.4. The second kappa shape index (κ2) is 15.0. The molecule has 12 heteroatoms. The van der Waals surface area contributed by atoms with Crippen LogP contribution in [0.4, 0.5) is 4.79 Å². The fraction of sp³-hybridized carbons (Fsp3) is 0.553. The molecule has 5 rings (SSSR count). The van der Waals surface area contributed by atoms with E-state index in [-0.39, 0.29) is 24.2 Å². The van der Waals surface area contributed by atoms with Gasteiger partial charge in [0.1, 0.15) is 5.60 Å². The number of benzene rings is 2. The summed E-state index contributed by atoms with van der Waals surface area (Å²) < 4.78 is 20.2. The number of nitrogens with zero attached hydrogens (tertiary/aromatic N) is 2. The van der Waals surface area contributed by atoms with Gasteiger partial charge in [0.2, 0.25) is 11.8 Å². The van der Waals surface area contributed by atoms with E-state index in [9.17, 15) is 14.4 Å². The number of amides is 3. The normalized spacial score (nSPS) is 19.3. The third-order valence-corrected chi connectivity index (χ3v) is 10.3. The maximum Gasteiger partial charge on any atom is 0.494 e. The molecule has 1 aromatic heterocycles. The van der Waals surface area contributed by atoms with Gasteiger partial charge in [0.05, 0.1) is 11.2 Å². The lowest BCUT2D eigenvalue weighted by atomic mass is 9.78. The molecule has 0 saturated carbocycles. The highest BCUT2D eigenvalue weighted by Crippen LogP contribution is 2.37. The lowest BCUT2D eigenvalue weighted by Gasteiger charge is -2.34. The van der Waals surface area contributed by atoms with Crippen molar-refractivity contribution in [3.05, 3.63) is 64.8 Å². The van der Waals surface area contributed by atoms with Gasteiger partial charge in [-0.25, -0.2) is 4.79 Å². The molecule has 2 atom stereocenters. The van der Waals surface area contributed by atoms with Gasteiger partial charge in [0.15, 0.2) is 0 Å². The predicted molar refractivity (Wildman–Crippen MR) is 198 cm³/mol. The first-order chi connectivity index (χ1) is 23.4. The van der Waals surface area contributed by atoms with Gasteiger partial charge in [-0.05, 0) is 97.0 Å². The molecule has 3 aromatic rings. The Morgan fingerprint density at radius 2 is 1.74 bits per heavy atom. The Hall–Kier alpha value is -3.54. The maximum absolute atomic E-state index is 14.0. The van der Waals surface area contributed by atoms with Gasteiger partial charge in [0, 0.05) is 73.1 Å². The number of hydrogen-bond donors (Lipinski definition) is 2. The molecule has 10 nitrogen and oxygen atoms in total. The maximum atomic E-state index is 14.0. The molecule has 3 amide bonds. The van der Waals surface area contributed by atoms with Gasteiger partial charge in [0.25, 0.3) is 0 Å². The molecule has 2 fully saturated rings. The molecule has 2 aliphatic heterocycles. The molecule has 50 heavy (non-hydrogen) atoms. The van der Waals surface area contributed by atoms with Gasteiger partial charge in [-0.1, -0.05) is 41.9 Å². The SMILES string of the molecule is CC(=O)NCCn1c(C2CCCN(C(=O)C[C@@H](Cc3ccc(B4OC(C)(C)C(C)(C)O4)cc3)NC(=O)OC(C)(C)C)C2)cc2c(Cl)cccc21. The Morgan fingerprint density at radius 1 is 1.06 bits per heavy atom. The Labute approximate surface area is 301 Å². The number of hydrogen-bond acceptors (Lipinski definition) is 6. The standard InChI is InChI=1S/C38H52BClN4O6/c1-25(45)41-18-20-44-32-13-9-12-31(40)30(32)23-33(44)27-11-10-19-43(24-27)34(46)22-29(42-35(47)48-36(2,3)4)21-26-14-16-28(17-15-26)39-49-37(5,6)38(7,8)50-39/h9,12-17,23,27,29H,10-11,18-22,24H2,1-8H3,(H,41,45)(H,42,47)/t27?,29-/m1/s1. The molecule has 2 N–H and O–H groups in total. The number of aromatic nitrogens is 1. The van der Waals surface area contributed by atoms with Gasteiger partial charge in [-0.3, -0.25) is 9.59 Å². The van der Waals surface area contributed by atoms with Gasteiger partial charge in [-0.2, -0.15) is 0 Å². The molecule has 3 heterocycles. The molecular formula is C38H52BClN4O6. The first-order valence-electron chi connectivity index (χ1n) is 17.7. The van der Waals surface area contributed by atoms with Crippen LogP contribution in [0.15, 0.2) is 48.5 Å². The van der Waals surface area contributed by atoms with E-state index >= 15 is 0 Å². The van der Waals surface area contributed by atoms with Crippen molar-refractivity contribution in [3.8, 4) is 0 Å². The highest BCUT2D eigenvalue weighted by Gasteiger charge is 2.51. The summed E-state index contributed by atoms with van der Waals surface area (Å²) in [4.78, 5) is 40.5. The van der Waals surface area contributed by atoms with E-state index in [2.05, 4.69) is 21.3 Å². The van der Waals surface area contributed by atoms with E-state index in [4.69, 9.17) is 25.6 Å². The number of rotatable bonds is 10. The zero-order valence-corrected chi connectivity index (χ0v) is 31.5. The van der Waals surface area contributed by atoms with Crippen LogP contribution < -0.4 is 16.1 Å². The molecule has 270 valence electrons. The summed E-state index contributed by atoms with van der Waals surface area (Å²) in [5.74, 6) is -0.0114. The minimum Gasteiger partial charge on any atom is -0.444 e. The zero-order chi connectivity index (χ0) is 36.4. The van der Waals surface area contributed by atoms with Crippen molar-refractivity contribution in [3.63, 3.8) is 0 Å². The van der Waals surface area contributed by atoms with Crippen molar-refractivity contribution in [1.29, 1.82) is 0 Å². The van der Waals surface area contributed by atoms with Crippen LogP contribution in [0.5, 0.6) is 0 Å². The van der Waals surface area contributed by atoms with Gasteiger partial charge in [-0.15, -0.1) is 0 Å². The zero-order valence-electron chi connectivity index (χ0n) is 30.7. The van der Waals surface area contributed by atoms with Crippen molar-refractivity contribution in [2.24, 2.45) is 0 Å². The van der Waals surface area contributed by atoms with Crippen LogP contribution in [-0.2, 0) is 36.6 Å². The van der Waals surface area contributed by atoms with E-state index in [1.165, 1.54) is 6.92 Å². The number of piperidine rings is 1. The van der Waals surface area contributed by atoms with E-state index in [0.29, 0.717) is 37.6 Å². The molecule has 0 radical (unpaired) electrons. The number of alkyl carbamates (subject to hydrolysis) is 1. The number of likely N-dealkylation sites (tertiary alicyclic amines) is 1. The summed E-state index contributed by atoms with van der Waals surface area (Å²) in [7, 11) is -0.474. The van der Waals surface area contributed by atoms with Crippen molar-refractivity contribution in [1.82, 2.24) is 20.1 Å². The smallest absolute Gasteiger partial charge is 0.444 e. The van der Waals surface area contributed by atoms with Crippen LogP contribution in [0.25, 0.3) is 10.9 Å². The predicted octanol–water partition coefficient (Wildman–Crippen LogP) is 5.96. The van der Waals surface area contributed by atoms with Crippen LogP contribution in [0, 0.1) is 0 Å². The quantitative estimate of drug-likeness (QED) is 0.252. The van der Waals surface area contributed by atoms with Gasteiger partial charge >= 0.3 is 13.2 Å². The largest absolute Gasteiger partial charge is 0.494 e. The summed E-state index contributed by atoms with van der Waals surface area (Å²) in [6, 6.07) is 15.5. The minimum atomic E-state index is -0.676. The van der Waals surface area contributed by atoms with E-state index in [1.54, 1.807) is 0 Å². The number of halogens is 1. The van der Waals surface area contributed by atoms with Crippen LogP contribution in [0.1, 0.15) is 91.8 Å². The van der Waals surface area contributed by atoms with E-state index in [1.807, 2.05) is 95.8 Å². The molecule has 0 spiro atoms. The summed E-state index contributed by atoms with van der Waals surface area (Å²) in [6.07, 6.45) is 1.79. The second-order valence-electron chi connectivity index (χ2n) is 15.6. The van der Waals surface area contributed by atoms with E-state index in [0.717, 1.165) is 40.5 Å². The number of carbonyl (C=O) groups excluding carboxylic acids is 3. The monoisotopic (exact) mass is 706 g/mol. The number of carbonyl (C=O) groups is 3. The van der Waals surface area contributed by atoms with Crippen LogP contribution in [0.3, 0.4) is 0 Å². The van der Waals surface area contributed by atoms with Crippen molar-refractivity contribution < 1.29 is 28.4 Å². The third kappa shape index (κ3) is 9.03. The molecule has 2 saturated heterocycles. The van der Waals surface area contributed by atoms with Crippen molar-refractivity contribution in [2.45, 2.75) is 116 Å². The average Bonchev–Trinajstić information content (AvgIpc) is 3.49. The third-order valence-electron chi connectivity index (χ3n) is 9.96. The first-order valence-corrected chi connectivity index (χ1v) is 18.0. The fourth-order valence-corrected chi connectivity index (χ4v) is 6.93. The van der Waals surface area contributed by atoms with Crippen LogP contribution in [-0.4, -0.2) is 77.0 Å². The van der Waals surface area contributed by atoms with Crippen LogP contribution >= 0.6 is 11.6 Å². The van der Waals surface area contributed by atoms with Gasteiger partial charge < -0.3 is 34.1 Å². The molecule has 2 aliphatic rings. The number of nitrogens with one attached hydrogen (secondary N) is 2. The first kappa shape index (κ1) is 37.7. The fourth-order valence-electron chi connectivity index (χ4n) is 6.71. The Morgan fingerprint density at radius 3 is 2.38 bits per heavy atom. The average molecular weight is 707 g/mol. The Bertz CT molecular complexity index is 1680. The Kier molecular flexibility index (Phi) is 11.3. The Balaban J connectivity index is 1.31. The van der Waals surface area contributed by atoms with Crippen molar-refractivity contribution in [2.75, 3.05) is 19.6 Å². The minimum absolute atomic E-state index is 0.0245.